The molecule has 0 fully saturated rings. The number of nitro benzene ring substituents is 1. The summed E-state index contributed by atoms with van der Waals surface area (Å²) in [6, 6.07) is 8.92. The zero-order valence-electron chi connectivity index (χ0n) is 13.0. The number of benzene rings is 2. The zero-order chi connectivity index (χ0) is 18.6. The van der Waals surface area contributed by atoms with Crippen LogP contribution in [0.15, 0.2) is 48.5 Å². The number of anilines is 2. The molecule has 2 N–H and O–H groups in total. The molecule has 0 heterocycles. The van der Waals surface area contributed by atoms with E-state index < -0.39 is 28.6 Å². The molecule has 0 saturated heterocycles. The number of non-ortho nitro benzene ring substituents is 1. The highest BCUT2D eigenvalue weighted by Crippen LogP contribution is 2.29. The third-order valence-electron chi connectivity index (χ3n) is 3.31. The summed E-state index contributed by atoms with van der Waals surface area (Å²) >= 11 is 0. The summed E-state index contributed by atoms with van der Waals surface area (Å²) in [6.45, 7) is 1.53. The van der Waals surface area contributed by atoms with Crippen LogP contribution in [0.3, 0.4) is 0 Å². The number of rotatable bonds is 5. The molecule has 25 heavy (non-hydrogen) atoms. The fourth-order valence-corrected chi connectivity index (χ4v) is 2.02. The van der Waals surface area contributed by atoms with Crippen LogP contribution in [0.5, 0.6) is 0 Å². The van der Waals surface area contributed by atoms with Crippen molar-refractivity contribution < 1.29 is 22.9 Å². The summed E-state index contributed by atoms with van der Waals surface area (Å²) < 4.78 is 37.5. The van der Waals surface area contributed by atoms with Crippen LogP contribution in [0.2, 0.25) is 0 Å². The molecule has 0 bridgehead atoms. The Morgan fingerprint density at radius 1 is 1.12 bits per heavy atom. The normalized spacial score (nSPS) is 12.3. The average molecular weight is 353 g/mol. The Labute approximate surface area is 140 Å². The maximum absolute atomic E-state index is 12.5. The number of nitrogens with zero attached hydrogens (tertiary/aromatic N) is 1. The molecular weight excluding hydrogens is 339 g/mol. The fraction of sp³-hybridized carbons (Fsp3) is 0.188. The largest absolute Gasteiger partial charge is 0.416 e. The Morgan fingerprint density at radius 3 is 2.32 bits per heavy atom. The van der Waals surface area contributed by atoms with Crippen molar-refractivity contribution in [3.8, 4) is 0 Å². The molecule has 0 aliphatic rings. The van der Waals surface area contributed by atoms with E-state index in [1.807, 2.05) is 0 Å². The molecule has 1 atom stereocenters. The number of carbonyl (C=O) groups is 1. The first-order chi connectivity index (χ1) is 11.7. The second-order valence-electron chi connectivity index (χ2n) is 5.24. The van der Waals surface area contributed by atoms with E-state index in [1.165, 1.54) is 25.1 Å². The van der Waals surface area contributed by atoms with Gasteiger partial charge in [-0.2, -0.15) is 13.2 Å². The van der Waals surface area contributed by atoms with E-state index in [1.54, 1.807) is 6.07 Å². The first kappa shape index (κ1) is 18.2. The summed E-state index contributed by atoms with van der Waals surface area (Å²) in [7, 11) is 0. The number of halogens is 3. The minimum Gasteiger partial charge on any atom is -0.374 e. The standard InChI is InChI=1S/C16H14F3N3O3/c1-10(20-13-3-2-4-14(9-13)22(24)25)15(23)21-12-7-5-11(6-8-12)16(17,18)19/h2-10,20H,1H3,(H,21,23)/t10-/m0/s1. The number of amides is 1. The van der Waals surface area contributed by atoms with Gasteiger partial charge in [0.15, 0.2) is 0 Å². The van der Waals surface area contributed by atoms with Gasteiger partial charge in [-0.05, 0) is 37.3 Å². The zero-order valence-corrected chi connectivity index (χ0v) is 13.0. The van der Waals surface area contributed by atoms with Crippen molar-refractivity contribution in [2.24, 2.45) is 0 Å². The van der Waals surface area contributed by atoms with Gasteiger partial charge in [0.05, 0.1) is 10.5 Å². The molecule has 0 aromatic heterocycles. The number of hydrogen-bond acceptors (Lipinski definition) is 4. The SMILES string of the molecule is C[C@H](Nc1cccc([N+](=O)[O-])c1)C(=O)Nc1ccc(C(F)(F)F)cc1. The molecule has 2 rings (SSSR count). The lowest BCUT2D eigenvalue weighted by atomic mass is 10.2. The Hall–Kier alpha value is -3.10. The third kappa shape index (κ3) is 4.93. The Morgan fingerprint density at radius 2 is 1.76 bits per heavy atom. The minimum absolute atomic E-state index is 0.125. The molecule has 9 heteroatoms. The Bertz CT molecular complexity index is 776. The molecule has 0 spiro atoms. The van der Waals surface area contributed by atoms with E-state index in [0.717, 1.165) is 24.3 Å². The number of hydrogen-bond donors (Lipinski definition) is 2. The Kier molecular flexibility index (Phi) is 5.26. The predicted molar refractivity (Wildman–Crippen MR) is 86.3 cm³/mol. The lowest BCUT2D eigenvalue weighted by Crippen LogP contribution is -2.31. The molecule has 1 amide bonds. The van der Waals surface area contributed by atoms with Crippen LogP contribution >= 0.6 is 0 Å². The number of nitrogens with one attached hydrogen (secondary N) is 2. The van der Waals surface area contributed by atoms with Crippen LogP contribution in [-0.4, -0.2) is 16.9 Å². The average Bonchev–Trinajstić information content (AvgIpc) is 2.54. The van der Waals surface area contributed by atoms with Crippen LogP contribution in [0.1, 0.15) is 12.5 Å². The maximum Gasteiger partial charge on any atom is 0.416 e. The summed E-state index contributed by atoms with van der Waals surface area (Å²) in [6.07, 6.45) is -4.45. The van der Waals surface area contributed by atoms with Gasteiger partial charge in [0.25, 0.3) is 5.69 Å². The molecule has 0 aliphatic carbocycles. The van der Waals surface area contributed by atoms with E-state index in [0.29, 0.717) is 5.69 Å². The van der Waals surface area contributed by atoms with Gasteiger partial charge in [-0.3, -0.25) is 14.9 Å². The summed E-state index contributed by atoms with van der Waals surface area (Å²) in [5.41, 5.74) is -0.344. The van der Waals surface area contributed by atoms with Crippen molar-refractivity contribution in [1.82, 2.24) is 0 Å². The van der Waals surface area contributed by atoms with Gasteiger partial charge in [0, 0.05) is 23.5 Å². The summed E-state index contributed by atoms with van der Waals surface area (Å²) in [4.78, 5) is 22.3. The van der Waals surface area contributed by atoms with Gasteiger partial charge in [0.2, 0.25) is 5.91 Å². The van der Waals surface area contributed by atoms with E-state index >= 15 is 0 Å². The van der Waals surface area contributed by atoms with Gasteiger partial charge in [-0.15, -0.1) is 0 Å². The van der Waals surface area contributed by atoms with E-state index in [-0.39, 0.29) is 11.4 Å². The molecule has 132 valence electrons. The van der Waals surface area contributed by atoms with Gasteiger partial charge in [0.1, 0.15) is 6.04 Å². The van der Waals surface area contributed by atoms with Crippen LogP contribution in [-0.2, 0) is 11.0 Å². The van der Waals surface area contributed by atoms with Crippen LogP contribution in [0.4, 0.5) is 30.2 Å². The quantitative estimate of drug-likeness (QED) is 0.627. The summed E-state index contributed by atoms with van der Waals surface area (Å²) in [5.74, 6) is -0.494. The van der Waals surface area contributed by atoms with Crippen molar-refractivity contribution in [3.63, 3.8) is 0 Å². The maximum atomic E-state index is 12.5. The predicted octanol–water partition coefficient (Wildman–Crippen LogP) is 4.05. The van der Waals surface area contributed by atoms with Gasteiger partial charge < -0.3 is 10.6 Å². The number of alkyl halides is 3. The van der Waals surface area contributed by atoms with Crippen molar-refractivity contribution >= 4 is 23.0 Å². The van der Waals surface area contributed by atoms with E-state index in [4.69, 9.17) is 0 Å². The highest BCUT2D eigenvalue weighted by atomic mass is 19.4. The molecule has 0 radical (unpaired) electrons. The highest BCUT2D eigenvalue weighted by Gasteiger charge is 2.30. The molecule has 0 aliphatic heterocycles. The molecule has 6 nitrogen and oxygen atoms in total. The van der Waals surface area contributed by atoms with Crippen molar-refractivity contribution in [2.45, 2.75) is 19.1 Å². The smallest absolute Gasteiger partial charge is 0.374 e. The van der Waals surface area contributed by atoms with Crippen molar-refractivity contribution in [3.05, 3.63) is 64.2 Å². The molecular formula is C16H14F3N3O3. The highest BCUT2D eigenvalue weighted by molar-refractivity contribution is 5.96. The molecule has 2 aromatic rings. The third-order valence-corrected chi connectivity index (χ3v) is 3.31. The minimum atomic E-state index is -4.45. The number of carbonyl (C=O) groups excluding carboxylic acids is 1. The second kappa shape index (κ2) is 7.20. The summed E-state index contributed by atoms with van der Waals surface area (Å²) in [5, 5.41) is 16.0. The lowest BCUT2D eigenvalue weighted by molar-refractivity contribution is -0.384. The van der Waals surface area contributed by atoms with Gasteiger partial charge in [-0.1, -0.05) is 6.07 Å². The van der Waals surface area contributed by atoms with Crippen LogP contribution in [0, 0.1) is 10.1 Å². The fourth-order valence-electron chi connectivity index (χ4n) is 2.02. The van der Waals surface area contributed by atoms with Crippen molar-refractivity contribution in [2.75, 3.05) is 10.6 Å². The van der Waals surface area contributed by atoms with Crippen LogP contribution in [0.25, 0.3) is 0 Å². The molecule has 0 saturated carbocycles. The first-order valence-corrected chi connectivity index (χ1v) is 7.16. The lowest BCUT2D eigenvalue weighted by Gasteiger charge is -2.15. The van der Waals surface area contributed by atoms with E-state index in [2.05, 4.69) is 10.6 Å². The molecule has 0 unspecified atom stereocenters. The topological polar surface area (TPSA) is 84.3 Å². The molecule has 2 aromatic carbocycles. The van der Waals surface area contributed by atoms with Gasteiger partial charge in [-0.25, -0.2) is 0 Å². The number of nitro groups is 1. The second-order valence-corrected chi connectivity index (χ2v) is 5.24. The van der Waals surface area contributed by atoms with E-state index in [9.17, 15) is 28.1 Å². The Balaban J connectivity index is 2.00. The van der Waals surface area contributed by atoms with Crippen LogP contribution < -0.4 is 10.6 Å². The monoisotopic (exact) mass is 353 g/mol. The van der Waals surface area contributed by atoms with Gasteiger partial charge >= 0.3 is 6.18 Å². The van der Waals surface area contributed by atoms with Crippen molar-refractivity contribution in [1.29, 1.82) is 0 Å². The first-order valence-electron chi connectivity index (χ1n) is 7.16.